The lowest BCUT2D eigenvalue weighted by molar-refractivity contribution is 0.140. The Morgan fingerprint density at radius 1 is 1.12 bits per heavy atom. The molecule has 2 aromatic heterocycles. The molecule has 3 aromatic rings. The largest absolute Gasteiger partial charge is 0.461 e. The van der Waals surface area contributed by atoms with Gasteiger partial charge in [0.1, 0.15) is 5.66 Å². The third-order valence-corrected chi connectivity index (χ3v) is 5.10. The molecular formula is C18H19N5O. The second-order valence-corrected chi connectivity index (χ2v) is 6.65. The molecule has 0 saturated carbocycles. The average Bonchev–Trinajstić information content (AvgIpc) is 3.27. The summed E-state index contributed by atoms with van der Waals surface area (Å²) in [5.74, 6) is 2.27. The maximum absolute atomic E-state index is 5.51. The van der Waals surface area contributed by atoms with Crippen LogP contribution in [0.4, 0.5) is 5.69 Å². The maximum atomic E-state index is 5.51. The Labute approximate surface area is 140 Å². The molecule has 1 N–H and O–H groups in total. The number of nitrogens with zero attached hydrogens (tertiary/aromatic N) is 4. The van der Waals surface area contributed by atoms with Gasteiger partial charge >= 0.3 is 0 Å². The molecule has 0 atom stereocenters. The molecule has 0 unspecified atom stereocenters. The molecule has 1 fully saturated rings. The standard InChI is InChI=1S/C18H19N5O/c1-22-10-8-18(9-11-22)20-14-6-3-2-5-13(14)17-19-16(21-23(17)18)15-7-4-12-24-15/h2-7,12,20H,8-11H2,1H3. The monoisotopic (exact) mass is 321 g/mol. The predicted molar refractivity (Wildman–Crippen MR) is 91.5 cm³/mol. The number of aromatic nitrogens is 3. The fourth-order valence-corrected chi connectivity index (χ4v) is 3.71. The van der Waals surface area contributed by atoms with Crippen molar-refractivity contribution >= 4 is 5.69 Å². The molecule has 1 aromatic carbocycles. The molecule has 6 heteroatoms. The molecule has 0 amide bonds. The van der Waals surface area contributed by atoms with Gasteiger partial charge in [0.25, 0.3) is 0 Å². The lowest BCUT2D eigenvalue weighted by Crippen LogP contribution is -2.52. The first-order chi connectivity index (χ1) is 11.8. The van der Waals surface area contributed by atoms with Gasteiger partial charge in [-0.25, -0.2) is 9.67 Å². The minimum Gasteiger partial charge on any atom is -0.461 e. The summed E-state index contributed by atoms with van der Waals surface area (Å²) in [6.45, 7) is 2.06. The van der Waals surface area contributed by atoms with Crippen LogP contribution in [0, 0.1) is 0 Å². The molecule has 5 rings (SSSR count). The highest BCUT2D eigenvalue weighted by Gasteiger charge is 2.42. The van der Waals surface area contributed by atoms with Crippen LogP contribution >= 0.6 is 0 Å². The van der Waals surface area contributed by atoms with Crippen molar-refractivity contribution < 1.29 is 4.42 Å². The topological polar surface area (TPSA) is 59.1 Å². The van der Waals surface area contributed by atoms with Crippen molar-refractivity contribution in [3.05, 3.63) is 42.7 Å². The zero-order valence-corrected chi connectivity index (χ0v) is 13.6. The van der Waals surface area contributed by atoms with Gasteiger partial charge in [-0.15, -0.1) is 5.10 Å². The van der Waals surface area contributed by atoms with Crippen molar-refractivity contribution in [3.63, 3.8) is 0 Å². The molecule has 0 radical (unpaired) electrons. The Morgan fingerprint density at radius 3 is 2.75 bits per heavy atom. The Hall–Kier alpha value is -2.60. The van der Waals surface area contributed by atoms with E-state index in [1.165, 1.54) is 0 Å². The van der Waals surface area contributed by atoms with Crippen LogP contribution in [0.2, 0.25) is 0 Å². The van der Waals surface area contributed by atoms with E-state index in [2.05, 4.69) is 40.1 Å². The molecule has 122 valence electrons. The highest BCUT2D eigenvalue weighted by atomic mass is 16.3. The number of likely N-dealkylation sites (tertiary alicyclic amines) is 1. The van der Waals surface area contributed by atoms with Gasteiger partial charge < -0.3 is 14.6 Å². The number of fused-ring (bicyclic) bond motifs is 4. The van der Waals surface area contributed by atoms with Crippen LogP contribution in [0.15, 0.2) is 47.1 Å². The van der Waals surface area contributed by atoms with Crippen LogP contribution in [0.25, 0.3) is 23.0 Å². The summed E-state index contributed by atoms with van der Waals surface area (Å²) < 4.78 is 7.59. The molecule has 1 saturated heterocycles. The number of piperidine rings is 1. The smallest absolute Gasteiger partial charge is 0.217 e. The Bertz CT molecular complexity index is 875. The summed E-state index contributed by atoms with van der Waals surface area (Å²) in [4.78, 5) is 7.17. The van der Waals surface area contributed by atoms with Gasteiger partial charge in [0, 0.05) is 37.2 Å². The van der Waals surface area contributed by atoms with Crippen molar-refractivity contribution in [3.8, 4) is 23.0 Å². The summed E-state index contributed by atoms with van der Waals surface area (Å²) >= 11 is 0. The highest BCUT2D eigenvalue weighted by molar-refractivity contribution is 5.77. The molecule has 6 nitrogen and oxygen atoms in total. The van der Waals surface area contributed by atoms with Gasteiger partial charge in [-0.05, 0) is 31.3 Å². The van der Waals surface area contributed by atoms with E-state index < -0.39 is 0 Å². The lowest BCUT2D eigenvalue weighted by Gasteiger charge is -2.44. The molecule has 24 heavy (non-hydrogen) atoms. The van der Waals surface area contributed by atoms with E-state index in [0.29, 0.717) is 11.6 Å². The number of hydrogen-bond donors (Lipinski definition) is 1. The van der Waals surface area contributed by atoms with E-state index in [4.69, 9.17) is 14.5 Å². The number of hydrogen-bond acceptors (Lipinski definition) is 5. The van der Waals surface area contributed by atoms with E-state index in [0.717, 1.165) is 43.0 Å². The quantitative estimate of drug-likeness (QED) is 0.746. The summed E-state index contributed by atoms with van der Waals surface area (Å²) in [5.41, 5.74) is 2.01. The van der Waals surface area contributed by atoms with Crippen LogP contribution < -0.4 is 5.32 Å². The van der Waals surface area contributed by atoms with E-state index >= 15 is 0 Å². The SMILES string of the molecule is CN1CCC2(CC1)Nc1ccccc1-c1nc(-c3ccco3)nn12. The van der Waals surface area contributed by atoms with Gasteiger partial charge in [-0.3, -0.25) is 0 Å². The van der Waals surface area contributed by atoms with Crippen LogP contribution in [-0.2, 0) is 5.66 Å². The minimum atomic E-state index is -0.214. The van der Waals surface area contributed by atoms with Crippen LogP contribution in [-0.4, -0.2) is 39.8 Å². The van der Waals surface area contributed by atoms with Gasteiger partial charge in [0.15, 0.2) is 11.6 Å². The first kappa shape index (κ1) is 13.8. The van der Waals surface area contributed by atoms with Crippen molar-refractivity contribution in [2.45, 2.75) is 18.5 Å². The second kappa shape index (κ2) is 4.95. The van der Waals surface area contributed by atoms with Gasteiger partial charge in [-0.2, -0.15) is 0 Å². The highest BCUT2D eigenvalue weighted by Crippen LogP contribution is 2.42. The fourth-order valence-electron chi connectivity index (χ4n) is 3.71. The summed E-state index contributed by atoms with van der Waals surface area (Å²) in [5, 5.41) is 8.58. The third kappa shape index (κ3) is 1.93. The van der Waals surface area contributed by atoms with Crippen LogP contribution in [0.1, 0.15) is 12.8 Å². The van der Waals surface area contributed by atoms with Crippen molar-refractivity contribution in [2.24, 2.45) is 0 Å². The van der Waals surface area contributed by atoms with Gasteiger partial charge in [0.2, 0.25) is 5.82 Å². The Morgan fingerprint density at radius 2 is 1.96 bits per heavy atom. The maximum Gasteiger partial charge on any atom is 0.217 e. The molecule has 0 aliphatic carbocycles. The number of rotatable bonds is 1. The van der Waals surface area contributed by atoms with Gasteiger partial charge in [0.05, 0.1) is 6.26 Å². The summed E-state index contributed by atoms with van der Waals surface area (Å²) in [7, 11) is 2.17. The first-order valence-electron chi connectivity index (χ1n) is 8.33. The van der Waals surface area contributed by atoms with E-state index in [1.807, 2.05) is 18.2 Å². The van der Waals surface area contributed by atoms with Crippen LogP contribution in [0.3, 0.4) is 0 Å². The van der Waals surface area contributed by atoms with E-state index in [-0.39, 0.29) is 5.66 Å². The minimum absolute atomic E-state index is 0.214. The van der Waals surface area contributed by atoms with Crippen molar-refractivity contribution in [1.29, 1.82) is 0 Å². The van der Waals surface area contributed by atoms with Crippen molar-refractivity contribution in [2.75, 3.05) is 25.5 Å². The second-order valence-electron chi connectivity index (χ2n) is 6.65. The fraction of sp³-hybridized carbons (Fsp3) is 0.333. The Balaban J connectivity index is 1.70. The molecule has 0 bridgehead atoms. The number of anilines is 1. The molecule has 2 aliphatic heterocycles. The van der Waals surface area contributed by atoms with Crippen LogP contribution in [0.5, 0.6) is 0 Å². The van der Waals surface area contributed by atoms with E-state index in [9.17, 15) is 0 Å². The molecule has 4 heterocycles. The molecule has 1 spiro atoms. The molecule has 2 aliphatic rings. The summed E-state index contributed by atoms with van der Waals surface area (Å²) in [6, 6.07) is 12.1. The lowest BCUT2D eigenvalue weighted by atomic mass is 9.93. The molecular weight excluding hydrogens is 302 g/mol. The zero-order valence-electron chi connectivity index (χ0n) is 13.6. The van der Waals surface area contributed by atoms with Crippen molar-refractivity contribution in [1.82, 2.24) is 19.7 Å². The number of benzene rings is 1. The number of para-hydroxylation sites is 1. The Kier molecular flexibility index (Phi) is 2.84. The first-order valence-corrected chi connectivity index (χ1v) is 8.33. The normalized spacial score (nSPS) is 18.9. The average molecular weight is 321 g/mol. The predicted octanol–water partition coefficient (Wildman–Crippen LogP) is 3.01. The summed E-state index contributed by atoms with van der Waals surface area (Å²) in [6.07, 6.45) is 3.64. The third-order valence-electron chi connectivity index (χ3n) is 5.10. The number of nitrogens with one attached hydrogen (secondary N) is 1. The van der Waals surface area contributed by atoms with E-state index in [1.54, 1.807) is 6.26 Å². The number of furan rings is 1. The zero-order chi connectivity index (χ0) is 16.1. The van der Waals surface area contributed by atoms with Gasteiger partial charge in [-0.1, -0.05) is 12.1 Å².